The van der Waals surface area contributed by atoms with Crippen LogP contribution in [0.2, 0.25) is 0 Å². The van der Waals surface area contributed by atoms with Gasteiger partial charge in [0.25, 0.3) is 0 Å². The lowest BCUT2D eigenvalue weighted by atomic mass is 10.0. The van der Waals surface area contributed by atoms with Gasteiger partial charge in [0.05, 0.1) is 39.6 Å². The first kappa shape index (κ1) is 56.1. The molecule has 0 aliphatic heterocycles. The number of hydrogen-bond donors (Lipinski definition) is 8. The van der Waals surface area contributed by atoms with Gasteiger partial charge < -0.3 is 61.5 Å². The zero-order chi connectivity index (χ0) is 46.3. The fraction of sp³-hybridized carbons (Fsp3) is 0.707. The first-order chi connectivity index (χ1) is 28.7. The van der Waals surface area contributed by atoms with Gasteiger partial charge in [0.1, 0.15) is 37.4 Å². The number of carbonyl (C=O) groups is 8. The van der Waals surface area contributed by atoms with Crippen LogP contribution in [0.1, 0.15) is 74.7 Å². The number of amides is 8. The van der Waals surface area contributed by atoms with Gasteiger partial charge in [-0.25, -0.2) is 0 Å². The fourth-order valence-corrected chi connectivity index (χ4v) is 4.97. The third-order valence-corrected chi connectivity index (χ3v) is 8.23. The Labute approximate surface area is 360 Å². The van der Waals surface area contributed by atoms with Gasteiger partial charge in [-0.3, -0.25) is 38.4 Å². The van der Waals surface area contributed by atoms with Gasteiger partial charge in [0.15, 0.2) is 0 Å². The van der Waals surface area contributed by atoms with E-state index in [-0.39, 0.29) is 95.4 Å². The first-order valence-corrected chi connectivity index (χ1v) is 20.7. The van der Waals surface area contributed by atoms with Crippen LogP contribution < -0.4 is 42.5 Å². The number of nitrogens with one attached hydrogen (secondary N) is 8. The van der Waals surface area contributed by atoms with E-state index in [1.165, 1.54) is 13.8 Å². The molecule has 8 amide bonds. The molecule has 0 bridgehead atoms. The lowest BCUT2D eigenvalue weighted by Gasteiger charge is -2.25. The van der Waals surface area contributed by atoms with Gasteiger partial charge in [0.2, 0.25) is 47.3 Å². The predicted molar refractivity (Wildman–Crippen MR) is 228 cm³/mol. The lowest BCUT2D eigenvalue weighted by Crippen LogP contribution is -2.57. The Morgan fingerprint density at radius 1 is 0.443 bits per heavy atom. The van der Waals surface area contributed by atoms with E-state index in [1.807, 2.05) is 27.7 Å². The largest absolute Gasteiger partial charge is 0.377 e. The van der Waals surface area contributed by atoms with Gasteiger partial charge in [-0.2, -0.15) is 0 Å². The monoisotopic (exact) mass is 869 g/mol. The molecule has 348 valence electrons. The van der Waals surface area contributed by atoms with Crippen LogP contribution in [0.15, 0.2) is 24.3 Å². The van der Waals surface area contributed by atoms with Crippen molar-refractivity contribution >= 4 is 47.3 Å². The molecule has 0 aliphatic rings. The van der Waals surface area contributed by atoms with Crippen LogP contribution in [0.3, 0.4) is 0 Å². The van der Waals surface area contributed by atoms with Crippen LogP contribution in [-0.2, 0) is 57.3 Å². The summed E-state index contributed by atoms with van der Waals surface area (Å²) in [6.45, 7) is 22.5. The maximum Gasteiger partial charge on any atom is 0.246 e. The van der Waals surface area contributed by atoms with Crippen LogP contribution >= 0.6 is 0 Å². The highest BCUT2D eigenvalue weighted by molar-refractivity contribution is 5.95. The summed E-state index contributed by atoms with van der Waals surface area (Å²) in [4.78, 5) is 99.7. The third-order valence-electron chi connectivity index (χ3n) is 8.23. The van der Waals surface area contributed by atoms with E-state index in [0.29, 0.717) is 43.6 Å². The molecule has 0 aromatic heterocycles. The van der Waals surface area contributed by atoms with Crippen molar-refractivity contribution in [3.8, 4) is 0 Å². The van der Waals surface area contributed by atoms with E-state index in [9.17, 15) is 38.4 Å². The summed E-state index contributed by atoms with van der Waals surface area (Å²) >= 11 is 0. The summed E-state index contributed by atoms with van der Waals surface area (Å²) in [5.74, 6) is -3.59. The molecule has 0 saturated heterocycles. The number of hydrogen-bond acceptors (Lipinski definition) is 12. The minimum absolute atomic E-state index is 0.0176. The second-order valence-corrected chi connectivity index (χ2v) is 15.3. The highest BCUT2D eigenvalue weighted by atomic mass is 16.5. The maximum absolute atomic E-state index is 13.3. The molecule has 0 radical (unpaired) electrons. The minimum Gasteiger partial charge on any atom is -0.377 e. The normalized spacial score (nSPS) is 12.9. The summed E-state index contributed by atoms with van der Waals surface area (Å²) in [5, 5.41) is 21.2. The molecule has 0 aromatic rings. The second kappa shape index (κ2) is 32.8. The van der Waals surface area contributed by atoms with E-state index in [1.54, 1.807) is 13.8 Å². The molecule has 0 fully saturated rings. The van der Waals surface area contributed by atoms with Crippen molar-refractivity contribution in [3.63, 3.8) is 0 Å². The molecular weight excluding hydrogens is 796 g/mol. The average molecular weight is 869 g/mol. The van der Waals surface area contributed by atoms with Crippen molar-refractivity contribution in [2.24, 2.45) is 11.8 Å². The Morgan fingerprint density at radius 2 is 0.852 bits per heavy atom. The Hall–Kier alpha value is -4.92. The van der Waals surface area contributed by atoms with Crippen LogP contribution in [0.25, 0.3) is 0 Å². The fourth-order valence-electron chi connectivity index (χ4n) is 4.97. The van der Waals surface area contributed by atoms with E-state index in [0.717, 1.165) is 0 Å². The van der Waals surface area contributed by atoms with E-state index < -0.39 is 53.7 Å². The zero-order valence-corrected chi connectivity index (χ0v) is 37.4. The lowest BCUT2D eigenvalue weighted by molar-refractivity contribution is -0.135. The van der Waals surface area contributed by atoms with Crippen molar-refractivity contribution in [2.75, 3.05) is 79.0 Å². The van der Waals surface area contributed by atoms with Crippen molar-refractivity contribution < 1.29 is 57.3 Å². The smallest absolute Gasteiger partial charge is 0.246 e. The maximum atomic E-state index is 13.3. The van der Waals surface area contributed by atoms with Crippen LogP contribution in [0, 0.1) is 11.8 Å². The second-order valence-electron chi connectivity index (χ2n) is 15.3. The van der Waals surface area contributed by atoms with Gasteiger partial charge in [-0.05, 0) is 58.8 Å². The summed E-state index contributed by atoms with van der Waals surface area (Å²) in [6, 6.07) is -3.99. The molecule has 20 heteroatoms. The molecule has 4 atom stereocenters. The highest BCUT2D eigenvalue weighted by Gasteiger charge is 2.29. The molecule has 0 heterocycles. The Morgan fingerprint density at radius 3 is 1.34 bits per heavy atom. The van der Waals surface area contributed by atoms with Crippen molar-refractivity contribution in [2.45, 2.75) is 98.8 Å². The Kier molecular flexibility index (Phi) is 30.2. The number of ether oxygens (including phenoxy) is 4. The molecule has 0 spiro atoms. The van der Waals surface area contributed by atoms with E-state index in [2.05, 4.69) is 55.7 Å². The minimum atomic E-state index is -1.06. The predicted octanol–water partition coefficient (Wildman–Crippen LogP) is -0.869. The van der Waals surface area contributed by atoms with Gasteiger partial charge in [0, 0.05) is 37.3 Å². The van der Waals surface area contributed by atoms with Crippen molar-refractivity contribution in [3.05, 3.63) is 24.3 Å². The van der Waals surface area contributed by atoms with Crippen LogP contribution in [0.5, 0.6) is 0 Å². The summed E-state index contributed by atoms with van der Waals surface area (Å²) in [5.41, 5.74) is 0.804. The molecule has 0 aromatic carbocycles. The van der Waals surface area contributed by atoms with E-state index in [4.69, 9.17) is 18.9 Å². The SMILES string of the molecule is C=C(C)C(=O)NCCCNC(=O)COCCOCCNC(=O)C(CC(C)C)NC(=O)C(C)NC(=O)C(CC(C)C)NC(=O)C(C)NC(=O)COCCOCCNC(=O)C(=C)C. The number of rotatable bonds is 34. The molecule has 20 nitrogen and oxygen atoms in total. The van der Waals surface area contributed by atoms with E-state index >= 15 is 0 Å². The molecule has 4 unspecified atom stereocenters. The van der Waals surface area contributed by atoms with Gasteiger partial charge in [-0.15, -0.1) is 0 Å². The third kappa shape index (κ3) is 29.1. The Bertz CT molecular complexity index is 1440. The first-order valence-electron chi connectivity index (χ1n) is 20.7. The summed E-state index contributed by atoms with van der Waals surface area (Å²) in [6.07, 6.45) is 1.12. The summed E-state index contributed by atoms with van der Waals surface area (Å²) < 4.78 is 21.4. The highest BCUT2D eigenvalue weighted by Crippen LogP contribution is 2.08. The summed E-state index contributed by atoms with van der Waals surface area (Å²) in [7, 11) is 0. The quantitative estimate of drug-likeness (QED) is 0.0290. The standard InChI is InChI=1S/C41H72N8O12/c1-26(2)22-32(40(56)45-15-17-59-18-20-60-24-34(50)42-12-11-13-43-36(52)28(5)6)48-39(55)31(10)47-41(57)33(23-27(3)4)49-38(54)30(9)46-35(51)25-61-21-19-58-16-14-44-37(53)29(7)8/h26-27,30-33H,5,7,11-25H2,1-4,6,8-10H3,(H,42,50)(H,43,52)(H,44,53)(H,45,56)(H,46,51)(H,47,57)(H,48,55)(H,49,54). The average Bonchev–Trinajstić information content (AvgIpc) is 3.18. The van der Waals surface area contributed by atoms with Crippen LogP contribution in [-0.4, -0.2) is 150 Å². The molecule has 61 heavy (non-hydrogen) atoms. The molecule has 0 saturated carbocycles. The molecule has 0 rings (SSSR count). The topological polar surface area (TPSA) is 270 Å². The molecular formula is C41H72N8O12. The zero-order valence-electron chi connectivity index (χ0n) is 37.4. The van der Waals surface area contributed by atoms with Crippen molar-refractivity contribution in [1.29, 1.82) is 0 Å². The van der Waals surface area contributed by atoms with Gasteiger partial charge >= 0.3 is 0 Å². The Balaban J connectivity index is 4.71. The molecule has 8 N–H and O–H groups in total. The van der Waals surface area contributed by atoms with Crippen LogP contribution in [0.4, 0.5) is 0 Å². The number of carbonyl (C=O) groups excluding carboxylic acids is 8. The molecule has 0 aliphatic carbocycles. The van der Waals surface area contributed by atoms with Crippen molar-refractivity contribution in [1.82, 2.24) is 42.5 Å². The van der Waals surface area contributed by atoms with Gasteiger partial charge in [-0.1, -0.05) is 40.9 Å².